The van der Waals surface area contributed by atoms with E-state index in [4.69, 9.17) is 9.47 Å². The van der Waals surface area contributed by atoms with E-state index in [0.717, 1.165) is 37.4 Å². The fraction of sp³-hybridized carbons (Fsp3) is 0.588. The quantitative estimate of drug-likeness (QED) is 0.835. The molecule has 22 heavy (non-hydrogen) atoms. The van der Waals surface area contributed by atoms with Crippen LogP contribution in [0, 0.1) is 0 Å². The standard InChI is InChI=1S/C17H26N2O3/c1-3-9-19(13-14-6-4-5-7-16(14)21-2)17(20)11-15-12-18-8-10-22-15/h4-7,15,18H,3,8-13H2,1-2H3/t15-/m0/s1. The van der Waals surface area contributed by atoms with Gasteiger partial charge in [0.25, 0.3) is 0 Å². The molecule has 1 fully saturated rings. The molecule has 0 unspecified atom stereocenters. The summed E-state index contributed by atoms with van der Waals surface area (Å²) in [6.45, 7) is 5.71. The summed E-state index contributed by atoms with van der Waals surface area (Å²) in [4.78, 5) is 14.5. The monoisotopic (exact) mass is 306 g/mol. The van der Waals surface area contributed by atoms with Gasteiger partial charge in [0.2, 0.25) is 5.91 Å². The summed E-state index contributed by atoms with van der Waals surface area (Å²) < 4.78 is 11.0. The van der Waals surface area contributed by atoms with Crippen LogP contribution in [0.3, 0.4) is 0 Å². The Hall–Kier alpha value is -1.59. The Morgan fingerprint density at radius 3 is 2.95 bits per heavy atom. The Kier molecular flexibility index (Phi) is 6.68. The minimum atomic E-state index is -0.0155. The van der Waals surface area contributed by atoms with Crippen molar-refractivity contribution in [1.29, 1.82) is 0 Å². The average molecular weight is 306 g/mol. The Labute approximate surface area is 132 Å². The van der Waals surface area contributed by atoms with Gasteiger partial charge in [0.15, 0.2) is 0 Å². The lowest BCUT2D eigenvalue weighted by atomic mass is 10.1. The molecule has 1 aromatic rings. The Balaban J connectivity index is 2.00. The first-order chi connectivity index (χ1) is 10.7. The molecule has 0 aromatic heterocycles. The number of hydrogen-bond donors (Lipinski definition) is 1. The highest BCUT2D eigenvalue weighted by Crippen LogP contribution is 2.20. The van der Waals surface area contributed by atoms with E-state index in [2.05, 4.69) is 12.2 Å². The Bertz CT molecular complexity index is 473. The van der Waals surface area contributed by atoms with Crippen molar-refractivity contribution in [2.75, 3.05) is 33.4 Å². The van der Waals surface area contributed by atoms with Crippen LogP contribution in [-0.4, -0.2) is 50.3 Å². The predicted molar refractivity (Wildman–Crippen MR) is 85.9 cm³/mol. The lowest BCUT2D eigenvalue weighted by Crippen LogP contribution is -2.42. The van der Waals surface area contributed by atoms with Crippen molar-refractivity contribution in [3.05, 3.63) is 29.8 Å². The largest absolute Gasteiger partial charge is 0.496 e. The molecule has 0 saturated carbocycles. The number of benzene rings is 1. The number of ether oxygens (including phenoxy) is 2. The van der Waals surface area contributed by atoms with Crippen molar-refractivity contribution in [1.82, 2.24) is 10.2 Å². The van der Waals surface area contributed by atoms with E-state index in [9.17, 15) is 4.79 Å². The molecule has 1 aromatic carbocycles. The van der Waals surface area contributed by atoms with E-state index < -0.39 is 0 Å². The Morgan fingerprint density at radius 2 is 2.27 bits per heavy atom. The normalized spacial score (nSPS) is 18.0. The average Bonchev–Trinajstić information content (AvgIpc) is 2.56. The van der Waals surface area contributed by atoms with Gasteiger partial charge in [0.1, 0.15) is 5.75 Å². The molecule has 1 amide bonds. The van der Waals surface area contributed by atoms with E-state index >= 15 is 0 Å². The molecule has 1 N–H and O–H groups in total. The maximum absolute atomic E-state index is 12.6. The predicted octanol–water partition coefficient (Wildman–Crippen LogP) is 1.81. The van der Waals surface area contributed by atoms with Crippen LogP contribution in [0.5, 0.6) is 5.75 Å². The molecule has 1 aliphatic heterocycles. The molecule has 0 aliphatic carbocycles. The van der Waals surface area contributed by atoms with Crippen LogP contribution in [0.1, 0.15) is 25.3 Å². The van der Waals surface area contributed by atoms with E-state index in [-0.39, 0.29) is 12.0 Å². The molecule has 122 valence electrons. The van der Waals surface area contributed by atoms with Crippen LogP contribution >= 0.6 is 0 Å². The SMILES string of the molecule is CCCN(Cc1ccccc1OC)C(=O)C[C@H]1CNCCO1. The molecule has 0 spiro atoms. The first-order valence-electron chi connectivity index (χ1n) is 7.96. The molecular weight excluding hydrogens is 280 g/mol. The highest BCUT2D eigenvalue weighted by atomic mass is 16.5. The molecule has 0 bridgehead atoms. The van der Waals surface area contributed by atoms with Crippen molar-refractivity contribution in [2.24, 2.45) is 0 Å². The van der Waals surface area contributed by atoms with Gasteiger partial charge in [-0.25, -0.2) is 0 Å². The number of methoxy groups -OCH3 is 1. The lowest BCUT2D eigenvalue weighted by molar-refractivity contribution is -0.135. The highest BCUT2D eigenvalue weighted by Gasteiger charge is 2.22. The van der Waals surface area contributed by atoms with Gasteiger partial charge >= 0.3 is 0 Å². The number of rotatable bonds is 7. The third-order valence-corrected chi connectivity index (χ3v) is 3.81. The fourth-order valence-electron chi connectivity index (χ4n) is 2.68. The van der Waals surface area contributed by atoms with Gasteiger partial charge in [-0.3, -0.25) is 4.79 Å². The van der Waals surface area contributed by atoms with Crippen molar-refractivity contribution >= 4 is 5.91 Å². The maximum atomic E-state index is 12.6. The first kappa shape index (κ1) is 16.8. The first-order valence-corrected chi connectivity index (χ1v) is 7.96. The summed E-state index contributed by atoms with van der Waals surface area (Å²) in [7, 11) is 1.66. The number of nitrogens with one attached hydrogen (secondary N) is 1. The van der Waals surface area contributed by atoms with Gasteiger partial charge in [0, 0.05) is 31.7 Å². The molecule has 0 radical (unpaired) electrons. The van der Waals surface area contributed by atoms with Crippen LogP contribution in [0.2, 0.25) is 0 Å². The number of amides is 1. The summed E-state index contributed by atoms with van der Waals surface area (Å²) in [6, 6.07) is 7.85. The zero-order chi connectivity index (χ0) is 15.8. The number of morpholine rings is 1. The van der Waals surface area contributed by atoms with Crippen molar-refractivity contribution < 1.29 is 14.3 Å². The van der Waals surface area contributed by atoms with Gasteiger partial charge in [-0.05, 0) is 12.5 Å². The number of nitrogens with zero attached hydrogens (tertiary/aromatic N) is 1. The molecule has 1 atom stereocenters. The highest BCUT2D eigenvalue weighted by molar-refractivity contribution is 5.76. The molecule has 1 saturated heterocycles. The molecule has 2 rings (SSSR count). The second-order valence-electron chi connectivity index (χ2n) is 5.53. The number of carbonyl (C=O) groups excluding carboxylic acids is 1. The van der Waals surface area contributed by atoms with Crippen molar-refractivity contribution in [2.45, 2.75) is 32.4 Å². The Morgan fingerprint density at radius 1 is 1.45 bits per heavy atom. The second kappa shape index (κ2) is 8.76. The maximum Gasteiger partial charge on any atom is 0.225 e. The molecule has 1 heterocycles. The van der Waals surface area contributed by atoms with Gasteiger partial charge < -0.3 is 19.7 Å². The smallest absolute Gasteiger partial charge is 0.225 e. The van der Waals surface area contributed by atoms with E-state index in [1.54, 1.807) is 7.11 Å². The fourth-order valence-corrected chi connectivity index (χ4v) is 2.68. The van der Waals surface area contributed by atoms with Gasteiger partial charge in [-0.15, -0.1) is 0 Å². The summed E-state index contributed by atoms with van der Waals surface area (Å²) >= 11 is 0. The third-order valence-electron chi connectivity index (χ3n) is 3.81. The summed E-state index contributed by atoms with van der Waals surface area (Å²) in [6.07, 6.45) is 1.35. The van der Waals surface area contributed by atoms with E-state index in [1.165, 1.54) is 0 Å². The second-order valence-corrected chi connectivity index (χ2v) is 5.53. The van der Waals surface area contributed by atoms with Gasteiger partial charge in [-0.2, -0.15) is 0 Å². The molecule has 1 aliphatic rings. The van der Waals surface area contributed by atoms with Crippen LogP contribution < -0.4 is 10.1 Å². The van der Waals surface area contributed by atoms with Gasteiger partial charge in [-0.1, -0.05) is 25.1 Å². The zero-order valence-electron chi connectivity index (χ0n) is 13.5. The van der Waals surface area contributed by atoms with E-state index in [1.807, 2.05) is 29.2 Å². The summed E-state index contributed by atoms with van der Waals surface area (Å²) in [5.74, 6) is 0.966. The van der Waals surface area contributed by atoms with Crippen LogP contribution in [-0.2, 0) is 16.1 Å². The molecule has 5 nitrogen and oxygen atoms in total. The lowest BCUT2D eigenvalue weighted by Gasteiger charge is -2.28. The summed E-state index contributed by atoms with van der Waals surface area (Å²) in [5.41, 5.74) is 1.04. The van der Waals surface area contributed by atoms with Gasteiger partial charge in [0.05, 0.1) is 26.2 Å². The third kappa shape index (κ3) is 4.71. The topological polar surface area (TPSA) is 50.8 Å². The summed E-state index contributed by atoms with van der Waals surface area (Å²) in [5, 5.41) is 3.26. The minimum Gasteiger partial charge on any atom is -0.496 e. The van der Waals surface area contributed by atoms with Crippen LogP contribution in [0.25, 0.3) is 0 Å². The van der Waals surface area contributed by atoms with Crippen LogP contribution in [0.4, 0.5) is 0 Å². The molecular formula is C17H26N2O3. The van der Waals surface area contributed by atoms with E-state index in [0.29, 0.717) is 19.6 Å². The number of carbonyl (C=O) groups is 1. The molecule has 5 heteroatoms. The van der Waals surface area contributed by atoms with Crippen molar-refractivity contribution in [3.63, 3.8) is 0 Å². The van der Waals surface area contributed by atoms with Crippen LogP contribution in [0.15, 0.2) is 24.3 Å². The zero-order valence-corrected chi connectivity index (χ0v) is 13.5. The van der Waals surface area contributed by atoms with Crippen molar-refractivity contribution in [3.8, 4) is 5.75 Å². The number of hydrogen-bond acceptors (Lipinski definition) is 4. The number of para-hydroxylation sites is 1. The minimum absolute atomic E-state index is 0.0155.